The fourth-order valence-electron chi connectivity index (χ4n) is 3.47. The molecule has 0 radical (unpaired) electrons. The van der Waals surface area contributed by atoms with E-state index in [-0.39, 0.29) is 0 Å². The van der Waals surface area contributed by atoms with Gasteiger partial charge in [0.2, 0.25) is 0 Å². The van der Waals surface area contributed by atoms with E-state index in [1.165, 1.54) is 30.4 Å². The summed E-state index contributed by atoms with van der Waals surface area (Å²) in [5.74, 6) is 0.475. The van der Waals surface area contributed by atoms with Gasteiger partial charge >= 0.3 is 0 Å². The summed E-state index contributed by atoms with van der Waals surface area (Å²) in [4.78, 5) is 0. The van der Waals surface area contributed by atoms with Crippen molar-refractivity contribution in [1.29, 1.82) is 0 Å². The van der Waals surface area contributed by atoms with Crippen LogP contribution in [-0.2, 0) is 6.42 Å². The number of benzene rings is 2. The smallest absolute Gasteiger partial charge is 0.0798 e. The Morgan fingerprint density at radius 1 is 1.24 bits per heavy atom. The molecule has 2 aromatic carbocycles. The summed E-state index contributed by atoms with van der Waals surface area (Å²) < 4.78 is 1.03. The van der Waals surface area contributed by atoms with E-state index in [0.717, 1.165) is 22.0 Å². The van der Waals surface area contributed by atoms with Crippen LogP contribution in [0.2, 0.25) is 0 Å². The zero-order valence-electron chi connectivity index (χ0n) is 12.3. The second-order valence-corrected chi connectivity index (χ2v) is 6.96. The Bertz CT molecular complexity index is 635. The summed E-state index contributed by atoms with van der Waals surface area (Å²) in [6, 6.07) is 14.9. The Kier molecular flexibility index (Phi) is 4.46. The lowest BCUT2D eigenvalue weighted by Gasteiger charge is -2.28. The average molecular weight is 345 g/mol. The third-order valence-electron chi connectivity index (χ3n) is 4.60. The molecule has 0 heterocycles. The number of hydrogen-bond donors (Lipinski definition) is 1. The average Bonchev–Trinajstić information content (AvgIpc) is 2.50. The van der Waals surface area contributed by atoms with Crippen molar-refractivity contribution in [3.63, 3.8) is 0 Å². The van der Waals surface area contributed by atoms with Gasteiger partial charge in [0.15, 0.2) is 0 Å². The van der Waals surface area contributed by atoms with Crippen molar-refractivity contribution < 1.29 is 5.11 Å². The van der Waals surface area contributed by atoms with Gasteiger partial charge in [-0.15, -0.1) is 0 Å². The van der Waals surface area contributed by atoms with Gasteiger partial charge in [0.25, 0.3) is 0 Å². The van der Waals surface area contributed by atoms with Crippen molar-refractivity contribution in [3.05, 3.63) is 69.2 Å². The molecule has 2 unspecified atom stereocenters. The van der Waals surface area contributed by atoms with Gasteiger partial charge < -0.3 is 5.11 Å². The van der Waals surface area contributed by atoms with E-state index in [4.69, 9.17) is 0 Å². The minimum absolute atomic E-state index is 0.390. The molecular formula is C19H21BrO. The van der Waals surface area contributed by atoms with E-state index in [2.05, 4.69) is 59.3 Å². The molecule has 110 valence electrons. The zero-order chi connectivity index (χ0) is 14.8. The molecule has 2 aromatic rings. The molecule has 0 saturated heterocycles. The Morgan fingerprint density at radius 2 is 2.05 bits per heavy atom. The van der Waals surface area contributed by atoms with E-state index in [9.17, 15) is 5.11 Å². The van der Waals surface area contributed by atoms with Gasteiger partial charge in [0, 0.05) is 4.47 Å². The Labute approximate surface area is 135 Å². The third-order valence-corrected chi connectivity index (χ3v) is 5.09. The van der Waals surface area contributed by atoms with Gasteiger partial charge in [-0.05, 0) is 72.9 Å². The van der Waals surface area contributed by atoms with Gasteiger partial charge in [-0.2, -0.15) is 0 Å². The summed E-state index contributed by atoms with van der Waals surface area (Å²) >= 11 is 3.50. The maximum Gasteiger partial charge on any atom is 0.0798 e. The molecule has 2 atom stereocenters. The predicted molar refractivity (Wildman–Crippen MR) is 90.6 cm³/mol. The van der Waals surface area contributed by atoms with Gasteiger partial charge in [-0.25, -0.2) is 0 Å². The minimum Gasteiger partial charge on any atom is -0.388 e. The first-order valence-corrected chi connectivity index (χ1v) is 8.46. The molecule has 21 heavy (non-hydrogen) atoms. The summed E-state index contributed by atoms with van der Waals surface area (Å²) in [5.41, 5.74) is 5.12. The predicted octanol–water partition coefficient (Wildman–Crippen LogP) is 5.30. The summed E-state index contributed by atoms with van der Waals surface area (Å²) in [6.45, 7) is 2.07. The van der Waals surface area contributed by atoms with Crippen LogP contribution in [0.5, 0.6) is 0 Å². The Hall–Kier alpha value is -1.12. The zero-order valence-corrected chi connectivity index (χ0v) is 13.9. The summed E-state index contributed by atoms with van der Waals surface area (Å²) in [5, 5.41) is 10.7. The second-order valence-electron chi connectivity index (χ2n) is 6.04. The summed E-state index contributed by atoms with van der Waals surface area (Å²) in [7, 11) is 0. The van der Waals surface area contributed by atoms with Crippen LogP contribution in [0.3, 0.4) is 0 Å². The van der Waals surface area contributed by atoms with Crippen LogP contribution >= 0.6 is 15.9 Å². The highest BCUT2D eigenvalue weighted by Crippen LogP contribution is 2.38. The highest BCUT2D eigenvalue weighted by molar-refractivity contribution is 9.10. The van der Waals surface area contributed by atoms with Crippen LogP contribution in [0.4, 0.5) is 0 Å². The highest BCUT2D eigenvalue weighted by atomic mass is 79.9. The van der Waals surface area contributed by atoms with E-state index in [1.807, 2.05) is 6.07 Å². The normalized spacial score (nSPS) is 19.1. The fraction of sp³-hybridized carbons (Fsp3) is 0.368. The highest BCUT2D eigenvalue weighted by Gasteiger charge is 2.23. The van der Waals surface area contributed by atoms with Crippen molar-refractivity contribution in [3.8, 4) is 0 Å². The third kappa shape index (κ3) is 3.22. The molecule has 0 spiro atoms. The molecule has 1 nitrogen and oxygen atoms in total. The molecule has 0 bridgehead atoms. The number of aryl methyl sites for hydroxylation is 2. The molecule has 2 heteroatoms. The second kappa shape index (κ2) is 6.33. The first kappa shape index (κ1) is 14.8. The molecule has 1 aliphatic carbocycles. The van der Waals surface area contributed by atoms with Crippen molar-refractivity contribution in [1.82, 2.24) is 0 Å². The lowest BCUT2D eigenvalue weighted by Crippen LogP contribution is -2.13. The molecular weight excluding hydrogens is 324 g/mol. The Morgan fingerprint density at radius 3 is 2.90 bits per heavy atom. The quantitative estimate of drug-likeness (QED) is 0.800. The van der Waals surface area contributed by atoms with Crippen LogP contribution in [0.15, 0.2) is 46.9 Å². The molecule has 0 amide bonds. The van der Waals surface area contributed by atoms with Gasteiger partial charge in [0.05, 0.1) is 6.10 Å². The molecule has 1 N–H and O–H groups in total. The number of fused-ring (bicyclic) bond motifs is 1. The van der Waals surface area contributed by atoms with Crippen molar-refractivity contribution in [2.24, 2.45) is 0 Å². The van der Waals surface area contributed by atoms with Crippen molar-refractivity contribution in [2.45, 2.75) is 44.6 Å². The van der Waals surface area contributed by atoms with Crippen LogP contribution in [-0.4, -0.2) is 5.11 Å². The van der Waals surface area contributed by atoms with E-state index in [0.29, 0.717) is 5.92 Å². The first-order valence-electron chi connectivity index (χ1n) is 7.67. The summed E-state index contributed by atoms with van der Waals surface area (Å²) in [6.07, 6.45) is 4.01. The SMILES string of the molecule is Cc1ccc(Br)cc1C(O)CC1CCCc2ccccc21. The molecule has 0 saturated carbocycles. The number of aliphatic hydroxyl groups is 1. The molecule has 0 aromatic heterocycles. The van der Waals surface area contributed by atoms with Crippen LogP contribution in [0.25, 0.3) is 0 Å². The maximum absolute atomic E-state index is 10.7. The molecule has 0 aliphatic heterocycles. The minimum atomic E-state index is -0.390. The van der Waals surface area contributed by atoms with Crippen molar-refractivity contribution in [2.75, 3.05) is 0 Å². The number of halogens is 1. The molecule has 3 rings (SSSR count). The van der Waals surface area contributed by atoms with Gasteiger partial charge in [-0.1, -0.05) is 46.3 Å². The fourth-order valence-corrected chi connectivity index (χ4v) is 3.84. The lowest BCUT2D eigenvalue weighted by molar-refractivity contribution is 0.153. The van der Waals surface area contributed by atoms with Crippen LogP contribution < -0.4 is 0 Å². The Balaban J connectivity index is 1.82. The maximum atomic E-state index is 10.7. The van der Waals surface area contributed by atoms with Gasteiger partial charge in [0.1, 0.15) is 0 Å². The standard InChI is InChI=1S/C19H21BrO/c1-13-9-10-16(20)12-18(13)19(21)11-15-7-4-6-14-5-2-3-8-17(14)15/h2-3,5,8-10,12,15,19,21H,4,6-7,11H2,1H3. The van der Waals surface area contributed by atoms with Crippen LogP contribution in [0.1, 0.15) is 53.5 Å². The lowest BCUT2D eigenvalue weighted by atomic mass is 9.79. The van der Waals surface area contributed by atoms with Crippen molar-refractivity contribution >= 4 is 15.9 Å². The van der Waals surface area contributed by atoms with E-state index in [1.54, 1.807) is 0 Å². The first-order chi connectivity index (χ1) is 10.1. The number of aliphatic hydroxyl groups excluding tert-OH is 1. The topological polar surface area (TPSA) is 20.2 Å². The van der Waals surface area contributed by atoms with Crippen LogP contribution in [0, 0.1) is 6.92 Å². The van der Waals surface area contributed by atoms with E-state index < -0.39 is 6.10 Å². The largest absolute Gasteiger partial charge is 0.388 e. The monoisotopic (exact) mass is 344 g/mol. The molecule has 1 aliphatic rings. The van der Waals surface area contributed by atoms with E-state index >= 15 is 0 Å². The number of rotatable bonds is 3. The molecule has 0 fully saturated rings. The number of hydrogen-bond acceptors (Lipinski definition) is 1. The van der Waals surface area contributed by atoms with Gasteiger partial charge in [-0.3, -0.25) is 0 Å².